The van der Waals surface area contributed by atoms with Crippen molar-refractivity contribution >= 4 is 15.9 Å². The summed E-state index contributed by atoms with van der Waals surface area (Å²) >= 11 is 3.54. The smallest absolute Gasteiger partial charge is 0.151 e. The summed E-state index contributed by atoms with van der Waals surface area (Å²) in [5.74, 6) is 1.87. The van der Waals surface area contributed by atoms with Gasteiger partial charge in [0.05, 0.1) is 0 Å². The molecular weight excluding hydrogens is 266 g/mol. The Labute approximate surface area is 104 Å². The summed E-state index contributed by atoms with van der Waals surface area (Å²) in [4.78, 5) is 4.39. The number of halogens is 1. The zero-order valence-electron chi connectivity index (χ0n) is 9.44. The number of benzene rings is 1. The van der Waals surface area contributed by atoms with Crippen LogP contribution in [0.5, 0.6) is 0 Å². The third kappa shape index (κ3) is 2.50. The van der Waals surface area contributed by atoms with E-state index in [0.29, 0.717) is 0 Å². The highest BCUT2D eigenvalue weighted by molar-refractivity contribution is 9.10. The lowest BCUT2D eigenvalue weighted by Crippen LogP contribution is -1.96. The van der Waals surface area contributed by atoms with E-state index in [1.54, 1.807) is 0 Å². The molecule has 1 heterocycles. The summed E-state index contributed by atoms with van der Waals surface area (Å²) < 4.78 is 2.97. The Kier molecular flexibility index (Phi) is 3.39. The molecule has 1 aromatic heterocycles. The van der Waals surface area contributed by atoms with E-state index in [1.807, 2.05) is 24.7 Å². The van der Waals surface area contributed by atoms with E-state index in [-0.39, 0.29) is 0 Å². The van der Waals surface area contributed by atoms with Gasteiger partial charge in [-0.25, -0.2) is 4.98 Å². The maximum atomic E-state index is 4.39. The standard InChI is InChI=1S/C12H14BrN3/c1-9-14-12(15-16(9)2)8-7-10-5-3-4-6-11(10)13/h3-6H,7-8H2,1-2H3. The summed E-state index contributed by atoms with van der Waals surface area (Å²) in [5.41, 5.74) is 1.30. The minimum Gasteiger partial charge on any atom is -0.253 e. The summed E-state index contributed by atoms with van der Waals surface area (Å²) in [6.45, 7) is 1.97. The Morgan fingerprint density at radius 3 is 2.62 bits per heavy atom. The van der Waals surface area contributed by atoms with E-state index in [2.05, 4.69) is 44.2 Å². The van der Waals surface area contributed by atoms with Gasteiger partial charge in [0.15, 0.2) is 5.82 Å². The van der Waals surface area contributed by atoms with Gasteiger partial charge in [0.25, 0.3) is 0 Å². The fourth-order valence-electron chi connectivity index (χ4n) is 1.58. The molecule has 84 valence electrons. The van der Waals surface area contributed by atoms with E-state index in [1.165, 1.54) is 5.56 Å². The number of aromatic nitrogens is 3. The van der Waals surface area contributed by atoms with Crippen LogP contribution in [0, 0.1) is 6.92 Å². The Hall–Kier alpha value is -1.16. The van der Waals surface area contributed by atoms with Crippen LogP contribution in [0.3, 0.4) is 0 Å². The van der Waals surface area contributed by atoms with Crippen LogP contribution < -0.4 is 0 Å². The van der Waals surface area contributed by atoms with Crippen LogP contribution in [0.2, 0.25) is 0 Å². The Morgan fingerprint density at radius 2 is 2.00 bits per heavy atom. The van der Waals surface area contributed by atoms with E-state index < -0.39 is 0 Å². The molecule has 2 rings (SSSR count). The third-order valence-corrected chi connectivity index (χ3v) is 3.37. The average molecular weight is 280 g/mol. The molecule has 4 heteroatoms. The first kappa shape index (κ1) is 11.3. The number of nitrogens with zero attached hydrogens (tertiary/aromatic N) is 3. The lowest BCUT2D eigenvalue weighted by atomic mass is 10.1. The van der Waals surface area contributed by atoms with Gasteiger partial charge in [0, 0.05) is 17.9 Å². The van der Waals surface area contributed by atoms with Crippen LogP contribution in [-0.4, -0.2) is 14.8 Å². The van der Waals surface area contributed by atoms with Crippen molar-refractivity contribution in [3.63, 3.8) is 0 Å². The molecule has 1 aromatic carbocycles. The first-order valence-corrected chi connectivity index (χ1v) is 6.06. The Balaban J connectivity index is 2.05. The molecular formula is C12H14BrN3. The molecule has 0 fully saturated rings. The molecule has 16 heavy (non-hydrogen) atoms. The highest BCUT2D eigenvalue weighted by atomic mass is 79.9. The number of rotatable bonds is 3. The van der Waals surface area contributed by atoms with Gasteiger partial charge < -0.3 is 0 Å². The SMILES string of the molecule is Cc1nc(CCc2ccccc2Br)nn1C. The zero-order valence-corrected chi connectivity index (χ0v) is 11.0. The minimum absolute atomic E-state index is 0.879. The lowest BCUT2D eigenvalue weighted by molar-refractivity contribution is 0.716. The van der Waals surface area contributed by atoms with Crippen molar-refractivity contribution in [3.05, 3.63) is 46.0 Å². The van der Waals surface area contributed by atoms with Gasteiger partial charge >= 0.3 is 0 Å². The summed E-state index contributed by atoms with van der Waals surface area (Å²) in [6, 6.07) is 8.26. The molecule has 0 unspecified atom stereocenters. The van der Waals surface area contributed by atoms with Crippen molar-refractivity contribution in [2.45, 2.75) is 19.8 Å². The first-order valence-electron chi connectivity index (χ1n) is 5.27. The second-order valence-corrected chi connectivity index (χ2v) is 4.64. The fourth-order valence-corrected chi connectivity index (χ4v) is 2.06. The van der Waals surface area contributed by atoms with Gasteiger partial charge in [0.2, 0.25) is 0 Å². The fraction of sp³-hybridized carbons (Fsp3) is 0.333. The Morgan fingerprint density at radius 1 is 1.25 bits per heavy atom. The van der Waals surface area contributed by atoms with Crippen molar-refractivity contribution in [1.29, 1.82) is 0 Å². The predicted octanol–water partition coefficient (Wildman–Crippen LogP) is 2.67. The monoisotopic (exact) mass is 279 g/mol. The quantitative estimate of drug-likeness (QED) is 0.865. The number of hydrogen-bond donors (Lipinski definition) is 0. The first-order chi connectivity index (χ1) is 7.66. The largest absolute Gasteiger partial charge is 0.253 e. The van der Waals surface area contributed by atoms with Gasteiger partial charge in [-0.2, -0.15) is 5.10 Å². The van der Waals surface area contributed by atoms with Crippen LogP contribution in [0.1, 0.15) is 17.2 Å². The topological polar surface area (TPSA) is 30.7 Å². The molecule has 0 atom stereocenters. The molecule has 3 nitrogen and oxygen atoms in total. The average Bonchev–Trinajstić information content (AvgIpc) is 2.57. The zero-order chi connectivity index (χ0) is 11.5. The van der Waals surface area contributed by atoms with Gasteiger partial charge in [-0.1, -0.05) is 34.1 Å². The molecule has 0 spiro atoms. The van der Waals surface area contributed by atoms with Crippen molar-refractivity contribution in [3.8, 4) is 0 Å². The van der Waals surface area contributed by atoms with Crippen LogP contribution in [0.25, 0.3) is 0 Å². The van der Waals surface area contributed by atoms with E-state index in [0.717, 1.165) is 29.0 Å². The molecule has 0 radical (unpaired) electrons. The van der Waals surface area contributed by atoms with Gasteiger partial charge in [-0.3, -0.25) is 4.68 Å². The molecule has 2 aromatic rings. The molecule has 0 saturated heterocycles. The van der Waals surface area contributed by atoms with Gasteiger partial charge in [-0.05, 0) is 25.0 Å². The molecule has 0 N–H and O–H groups in total. The third-order valence-electron chi connectivity index (χ3n) is 2.60. The van der Waals surface area contributed by atoms with Crippen molar-refractivity contribution in [2.24, 2.45) is 7.05 Å². The number of hydrogen-bond acceptors (Lipinski definition) is 2. The van der Waals surface area contributed by atoms with Crippen molar-refractivity contribution in [2.75, 3.05) is 0 Å². The molecule has 0 saturated carbocycles. The van der Waals surface area contributed by atoms with Crippen LogP contribution >= 0.6 is 15.9 Å². The van der Waals surface area contributed by atoms with Crippen LogP contribution in [0.15, 0.2) is 28.7 Å². The molecule has 0 aliphatic carbocycles. The molecule has 0 aliphatic rings. The second-order valence-electron chi connectivity index (χ2n) is 3.79. The van der Waals surface area contributed by atoms with Gasteiger partial charge in [-0.15, -0.1) is 0 Å². The summed E-state index contributed by atoms with van der Waals surface area (Å²) in [7, 11) is 1.92. The maximum absolute atomic E-state index is 4.39. The van der Waals surface area contributed by atoms with Crippen LogP contribution in [-0.2, 0) is 19.9 Å². The minimum atomic E-state index is 0.879. The second kappa shape index (κ2) is 4.78. The number of aryl methyl sites for hydroxylation is 4. The summed E-state index contributed by atoms with van der Waals surface area (Å²) in [5, 5.41) is 4.35. The predicted molar refractivity (Wildman–Crippen MR) is 67.3 cm³/mol. The van der Waals surface area contributed by atoms with Crippen LogP contribution in [0.4, 0.5) is 0 Å². The maximum Gasteiger partial charge on any atom is 0.151 e. The highest BCUT2D eigenvalue weighted by Crippen LogP contribution is 2.17. The van der Waals surface area contributed by atoms with E-state index in [4.69, 9.17) is 0 Å². The van der Waals surface area contributed by atoms with Crippen molar-refractivity contribution in [1.82, 2.24) is 14.8 Å². The molecule has 0 amide bonds. The van der Waals surface area contributed by atoms with Crippen molar-refractivity contribution < 1.29 is 0 Å². The highest BCUT2D eigenvalue weighted by Gasteiger charge is 2.04. The van der Waals surface area contributed by atoms with E-state index in [9.17, 15) is 0 Å². The van der Waals surface area contributed by atoms with E-state index >= 15 is 0 Å². The summed E-state index contributed by atoms with van der Waals surface area (Å²) in [6.07, 6.45) is 1.84. The molecule has 0 bridgehead atoms. The van der Waals surface area contributed by atoms with Gasteiger partial charge in [0.1, 0.15) is 5.82 Å². The normalized spacial score (nSPS) is 10.7. The Bertz CT molecular complexity index is 471. The lowest BCUT2D eigenvalue weighted by Gasteiger charge is -2.01. The molecule has 0 aliphatic heterocycles.